The van der Waals surface area contributed by atoms with Crippen molar-refractivity contribution in [2.75, 3.05) is 4.90 Å². The third kappa shape index (κ3) is 4.10. The number of hydrogen-bond acceptors (Lipinski definition) is 6. The van der Waals surface area contributed by atoms with E-state index in [0.29, 0.717) is 17.8 Å². The van der Waals surface area contributed by atoms with Gasteiger partial charge < -0.3 is 15.4 Å². The van der Waals surface area contributed by atoms with Gasteiger partial charge in [0, 0.05) is 21.7 Å². The molecule has 0 saturated carbocycles. The summed E-state index contributed by atoms with van der Waals surface area (Å²) in [4.78, 5) is 56.1. The fraction of sp³-hybridized carbons (Fsp3) is 0.429. The minimum atomic E-state index is -1.32. The summed E-state index contributed by atoms with van der Waals surface area (Å²) in [6.45, 7) is 9.18. The van der Waals surface area contributed by atoms with Crippen LogP contribution in [0.3, 0.4) is 0 Å². The molecule has 2 aromatic rings. The van der Waals surface area contributed by atoms with Crippen LogP contribution in [0.4, 0.5) is 5.69 Å². The summed E-state index contributed by atoms with van der Waals surface area (Å²) in [6, 6.07) is 9.45. The molecule has 5 rings (SSSR count). The molecule has 37 heavy (non-hydrogen) atoms. The van der Waals surface area contributed by atoms with Gasteiger partial charge in [-0.05, 0) is 58.2 Å². The van der Waals surface area contributed by atoms with Crippen molar-refractivity contribution in [2.24, 2.45) is 11.8 Å². The van der Waals surface area contributed by atoms with Crippen molar-refractivity contribution >= 4 is 40.5 Å². The van der Waals surface area contributed by atoms with Gasteiger partial charge in [0.1, 0.15) is 11.6 Å². The molecule has 0 aliphatic carbocycles. The number of nitrogens with one attached hydrogen (secondary N) is 2. The molecule has 4 heterocycles. The van der Waals surface area contributed by atoms with Crippen molar-refractivity contribution in [3.8, 4) is 0 Å². The number of ketones is 1. The number of Topliss-reactive ketones (excluding diaryl/α,β-unsaturated/α-hetero) is 1. The van der Waals surface area contributed by atoms with Gasteiger partial charge in [0.05, 0.1) is 24.0 Å². The molecule has 2 N–H and O–H groups in total. The number of hydrogen-bond donors (Lipinski definition) is 2. The lowest BCUT2D eigenvalue weighted by Crippen LogP contribution is -2.58. The van der Waals surface area contributed by atoms with Gasteiger partial charge in [0.2, 0.25) is 17.7 Å². The maximum atomic E-state index is 14.2. The van der Waals surface area contributed by atoms with Gasteiger partial charge in [0.25, 0.3) is 0 Å². The maximum absolute atomic E-state index is 14.2. The topological polar surface area (TPSA) is 105 Å². The van der Waals surface area contributed by atoms with Gasteiger partial charge in [0.15, 0.2) is 5.78 Å². The summed E-state index contributed by atoms with van der Waals surface area (Å²) in [5.41, 5.74) is -2.08. The number of benzene rings is 1. The molecule has 1 aromatic carbocycles. The van der Waals surface area contributed by atoms with E-state index in [4.69, 9.17) is 4.74 Å². The highest BCUT2D eigenvalue weighted by molar-refractivity contribution is 7.09. The van der Waals surface area contributed by atoms with Crippen molar-refractivity contribution < 1.29 is 23.9 Å². The van der Waals surface area contributed by atoms with E-state index in [1.54, 1.807) is 43.3 Å². The first-order chi connectivity index (χ1) is 17.4. The lowest BCUT2D eigenvalue weighted by Gasteiger charge is -2.35. The van der Waals surface area contributed by atoms with E-state index in [0.717, 1.165) is 4.88 Å². The van der Waals surface area contributed by atoms with Crippen molar-refractivity contribution in [1.82, 2.24) is 10.6 Å². The molecule has 2 bridgehead atoms. The molecule has 0 radical (unpaired) electrons. The van der Waals surface area contributed by atoms with Crippen LogP contribution in [-0.4, -0.2) is 46.3 Å². The molecule has 194 valence electrons. The molecule has 3 aliphatic heterocycles. The van der Waals surface area contributed by atoms with Gasteiger partial charge in [-0.3, -0.25) is 24.1 Å². The van der Waals surface area contributed by atoms with E-state index in [1.165, 1.54) is 23.2 Å². The number of amides is 3. The second-order valence-electron chi connectivity index (χ2n) is 11.2. The van der Waals surface area contributed by atoms with Gasteiger partial charge in [-0.25, -0.2) is 0 Å². The van der Waals surface area contributed by atoms with Gasteiger partial charge >= 0.3 is 0 Å². The fourth-order valence-electron chi connectivity index (χ4n) is 5.82. The van der Waals surface area contributed by atoms with Crippen LogP contribution in [0.25, 0.3) is 0 Å². The molecule has 5 atom stereocenters. The van der Waals surface area contributed by atoms with E-state index in [-0.39, 0.29) is 23.5 Å². The number of carbonyl (C=O) groups is 4. The standard InChI is InChI=1S/C28H31N3O5S/c1-16(32)17-8-6-9-18(14-17)31-22(24(34)30-26(2,3)4)28-12-11-27(5,36-28)20(21(28)25(31)35)23(33)29-15-19-10-7-13-37-19/h6-14,20-22H,15H2,1-5H3,(H,29,33)(H,30,34)/t20-,21+,22-,27-,28+/m1/s1. The number of nitrogens with zero attached hydrogens (tertiary/aromatic N) is 1. The quantitative estimate of drug-likeness (QED) is 0.449. The molecule has 0 unspecified atom stereocenters. The van der Waals surface area contributed by atoms with E-state index in [1.807, 2.05) is 38.3 Å². The maximum Gasteiger partial charge on any atom is 0.246 e. The number of carbonyl (C=O) groups excluding carboxylic acids is 4. The van der Waals surface area contributed by atoms with Crippen molar-refractivity contribution in [1.29, 1.82) is 0 Å². The monoisotopic (exact) mass is 521 g/mol. The third-order valence-electron chi connectivity index (χ3n) is 7.27. The predicted molar refractivity (Wildman–Crippen MR) is 140 cm³/mol. The number of thiophene rings is 1. The Morgan fingerprint density at radius 2 is 1.86 bits per heavy atom. The van der Waals surface area contributed by atoms with E-state index in [2.05, 4.69) is 10.6 Å². The Kier molecular flexibility index (Phi) is 5.91. The minimum Gasteiger partial charge on any atom is -0.356 e. The summed E-state index contributed by atoms with van der Waals surface area (Å²) in [6.07, 6.45) is 3.58. The summed E-state index contributed by atoms with van der Waals surface area (Å²) in [5, 5.41) is 7.90. The zero-order chi connectivity index (χ0) is 26.8. The van der Waals surface area contributed by atoms with Crippen LogP contribution in [-0.2, 0) is 25.7 Å². The van der Waals surface area contributed by atoms with Crippen LogP contribution in [0.15, 0.2) is 53.9 Å². The van der Waals surface area contributed by atoms with Crippen molar-refractivity contribution in [3.05, 3.63) is 64.4 Å². The highest BCUT2D eigenvalue weighted by atomic mass is 32.1. The van der Waals surface area contributed by atoms with Gasteiger partial charge in [-0.15, -0.1) is 11.3 Å². The Morgan fingerprint density at radius 3 is 2.51 bits per heavy atom. The van der Waals surface area contributed by atoms with Gasteiger partial charge in [-0.1, -0.05) is 30.4 Å². The SMILES string of the molecule is CC(=O)c1cccc(N2C(=O)[C@@H]3[C@H](C(=O)NCc4cccs4)[C@@]4(C)C=C[C@@]3(O4)[C@H]2C(=O)NC(C)(C)C)c1. The number of ether oxygens (including phenoxy) is 1. The zero-order valence-corrected chi connectivity index (χ0v) is 22.3. The van der Waals surface area contributed by atoms with Crippen molar-refractivity contribution in [3.63, 3.8) is 0 Å². The van der Waals surface area contributed by atoms with Gasteiger partial charge in [-0.2, -0.15) is 0 Å². The Bertz CT molecular complexity index is 1310. The average molecular weight is 522 g/mol. The smallest absolute Gasteiger partial charge is 0.246 e. The third-order valence-corrected chi connectivity index (χ3v) is 8.15. The molecule has 2 fully saturated rings. The van der Waals surface area contributed by atoms with E-state index < -0.39 is 34.6 Å². The van der Waals surface area contributed by atoms with E-state index in [9.17, 15) is 19.2 Å². The molecule has 2 saturated heterocycles. The molecule has 1 aromatic heterocycles. The highest BCUT2D eigenvalue weighted by Gasteiger charge is 2.76. The molecular formula is C28H31N3O5S. The summed E-state index contributed by atoms with van der Waals surface area (Å²) in [5.74, 6) is -2.93. The Morgan fingerprint density at radius 1 is 1.11 bits per heavy atom. The Balaban J connectivity index is 1.57. The largest absolute Gasteiger partial charge is 0.356 e. The molecule has 8 nitrogen and oxygen atoms in total. The molecule has 3 aliphatic rings. The van der Waals surface area contributed by atoms with Crippen LogP contribution < -0.4 is 15.5 Å². The van der Waals surface area contributed by atoms with Crippen LogP contribution in [0, 0.1) is 11.8 Å². The first-order valence-electron chi connectivity index (χ1n) is 12.3. The van der Waals surface area contributed by atoms with Crippen LogP contribution in [0.2, 0.25) is 0 Å². The number of rotatable bonds is 6. The normalized spacial score (nSPS) is 29.9. The highest BCUT2D eigenvalue weighted by Crippen LogP contribution is 2.60. The second-order valence-corrected chi connectivity index (χ2v) is 12.2. The average Bonchev–Trinajstić information content (AvgIpc) is 3.55. The first kappa shape index (κ1) is 25.4. The lowest BCUT2D eigenvalue weighted by molar-refractivity contribution is -0.134. The summed E-state index contributed by atoms with van der Waals surface area (Å²) in [7, 11) is 0. The van der Waals surface area contributed by atoms with Crippen LogP contribution in [0.1, 0.15) is 49.9 Å². The van der Waals surface area contributed by atoms with E-state index >= 15 is 0 Å². The predicted octanol–water partition coefficient (Wildman–Crippen LogP) is 3.23. The summed E-state index contributed by atoms with van der Waals surface area (Å²) < 4.78 is 6.53. The molecule has 9 heteroatoms. The van der Waals surface area contributed by atoms with Crippen LogP contribution >= 0.6 is 11.3 Å². The first-order valence-corrected chi connectivity index (χ1v) is 13.2. The zero-order valence-electron chi connectivity index (χ0n) is 21.5. The number of fused-ring (bicyclic) bond motifs is 1. The van der Waals surface area contributed by atoms with Crippen molar-refractivity contribution in [2.45, 2.75) is 63.9 Å². The number of anilines is 1. The molecular weight excluding hydrogens is 490 g/mol. The fourth-order valence-corrected chi connectivity index (χ4v) is 6.47. The lowest BCUT2D eigenvalue weighted by atomic mass is 9.70. The Hall–Kier alpha value is -3.30. The minimum absolute atomic E-state index is 0.155. The Labute approximate surface area is 220 Å². The molecule has 3 amide bonds. The molecule has 1 spiro atoms. The second kappa shape index (κ2) is 8.63. The van der Waals surface area contributed by atoms with Crippen LogP contribution in [0.5, 0.6) is 0 Å². The summed E-state index contributed by atoms with van der Waals surface area (Å²) >= 11 is 1.54.